The molecule has 3 aromatic rings. The van der Waals surface area contributed by atoms with Crippen molar-refractivity contribution in [2.24, 2.45) is 0 Å². The molecule has 6 nitrogen and oxygen atoms in total. The summed E-state index contributed by atoms with van der Waals surface area (Å²) in [5.41, 5.74) is 5.58. The first-order chi connectivity index (χ1) is 14.1. The lowest BCUT2D eigenvalue weighted by molar-refractivity contribution is 0.0940. The number of fused-ring (bicyclic) bond motifs is 1. The predicted octanol–water partition coefficient (Wildman–Crippen LogP) is 3.47. The Kier molecular flexibility index (Phi) is 5.62. The van der Waals surface area contributed by atoms with Crippen molar-refractivity contribution in [3.05, 3.63) is 82.7 Å². The van der Waals surface area contributed by atoms with Crippen molar-refractivity contribution in [1.82, 2.24) is 20.4 Å². The van der Waals surface area contributed by atoms with E-state index in [0.717, 1.165) is 37.4 Å². The molecule has 1 amide bonds. The number of hydrogen-bond donors (Lipinski definition) is 2. The Hall–Kier alpha value is -3.12. The molecule has 0 unspecified atom stereocenters. The highest BCUT2D eigenvalue weighted by Gasteiger charge is 2.19. The minimum atomic E-state index is -0.127. The van der Waals surface area contributed by atoms with Crippen molar-refractivity contribution >= 4 is 5.91 Å². The van der Waals surface area contributed by atoms with Crippen LogP contribution in [0.1, 0.15) is 45.6 Å². The van der Waals surface area contributed by atoms with Gasteiger partial charge in [-0.05, 0) is 41.7 Å². The van der Waals surface area contributed by atoms with Gasteiger partial charge >= 0.3 is 0 Å². The first-order valence-corrected chi connectivity index (χ1v) is 9.89. The zero-order chi connectivity index (χ0) is 20.2. The third-order valence-electron chi connectivity index (χ3n) is 5.52. The lowest BCUT2D eigenvalue weighted by Gasteiger charge is -2.29. The highest BCUT2D eigenvalue weighted by atomic mass is 16.5. The van der Waals surface area contributed by atoms with Crippen LogP contribution in [0.3, 0.4) is 0 Å². The number of rotatable bonds is 6. The molecule has 6 heteroatoms. The molecule has 0 aliphatic carbocycles. The van der Waals surface area contributed by atoms with Gasteiger partial charge in [-0.15, -0.1) is 0 Å². The minimum absolute atomic E-state index is 0.0687. The highest BCUT2D eigenvalue weighted by molar-refractivity contribution is 5.93. The summed E-state index contributed by atoms with van der Waals surface area (Å²) < 4.78 is 5.50. The zero-order valence-electron chi connectivity index (χ0n) is 16.8. The monoisotopic (exact) mass is 390 g/mol. The van der Waals surface area contributed by atoms with Crippen LogP contribution in [0, 0.1) is 0 Å². The van der Waals surface area contributed by atoms with E-state index in [0.29, 0.717) is 5.56 Å². The maximum absolute atomic E-state index is 12.2. The van der Waals surface area contributed by atoms with E-state index in [1.54, 1.807) is 13.3 Å². The number of nitrogens with one attached hydrogen (secondary N) is 2. The van der Waals surface area contributed by atoms with E-state index in [-0.39, 0.29) is 11.9 Å². The van der Waals surface area contributed by atoms with Gasteiger partial charge in [0.1, 0.15) is 5.75 Å². The van der Waals surface area contributed by atoms with Gasteiger partial charge in [0.25, 0.3) is 5.91 Å². The van der Waals surface area contributed by atoms with Crippen LogP contribution in [0.4, 0.5) is 0 Å². The van der Waals surface area contributed by atoms with Gasteiger partial charge < -0.3 is 10.1 Å². The molecule has 2 aromatic carbocycles. The van der Waals surface area contributed by atoms with E-state index < -0.39 is 0 Å². The number of carbonyl (C=O) groups excluding carboxylic acids is 1. The first kappa shape index (κ1) is 19.2. The standard InChI is InChI=1S/C23H26N4O2/c1-16(26-23(28)20-12-24-25-13-20)18-8-6-17(7-9-18)14-27-11-10-21-19(15-27)4-3-5-22(21)29-2/h3-9,12-13,16H,10-11,14-15H2,1-2H3,(H,24,25)(H,26,28)/t16-/m0/s1. The van der Waals surface area contributed by atoms with Crippen molar-refractivity contribution in [2.45, 2.75) is 32.5 Å². The average molecular weight is 390 g/mol. The van der Waals surface area contributed by atoms with Crippen LogP contribution in [0.5, 0.6) is 5.75 Å². The smallest absolute Gasteiger partial charge is 0.254 e. The summed E-state index contributed by atoms with van der Waals surface area (Å²) in [5.74, 6) is 0.871. The number of H-pyrrole nitrogens is 1. The van der Waals surface area contributed by atoms with E-state index in [9.17, 15) is 4.79 Å². The van der Waals surface area contributed by atoms with Crippen molar-refractivity contribution in [3.8, 4) is 5.75 Å². The van der Waals surface area contributed by atoms with Crippen molar-refractivity contribution in [1.29, 1.82) is 0 Å². The fraction of sp³-hybridized carbons (Fsp3) is 0.304. The third-order valence-corrected chi connectivity index (χ3v) is 5.52. The summed E-state index contributed by atoms with van der Waals surface area (Å²) in [6, 6.07) is 14.7. The van der Waals surface area contributed by atoms with Crippen LogP contribution in [-0.4, -0.2) is 34.7 Å². The Morgan fingerprint density at radius 2 is 2.10 bits per heavy atom. The van der Waals surface area contributed by atoms with Crippen LogP contribution in [-0.2, 0) is 19.5 Å². The van der Waals surface area contributed by atoms with Crippen molar-refractivity contribution in [3.63, 3.8) is 0 Å². The van der Waals surface area contributed by atoms with Gasteiger partial charge in [0.2, 0.25) is 0 Å². The summed E-state index contributed by atoms with van der Waals surface area (Å²) >= 11 is 0. The molecule has 2 N–H and O–H groups in total. The summed E-state index contributed by atoms with van der Waals surface area (Å²) in [5, 5.41) is 9.48. The topological polar surface area (TPSA) is 70.2 Å². The van der Waals surface area contributed by atoms with Crippen LogP contribution < -0.4 is 10.1 Å². The molecule has 150 valence electrons. The molecule has 1 aliphatic heterocycles. The fourth-order valence-corrected chi connectivity index (χ4v) is 3.87. The Bertz CT molecular complexity index is 967. The Morgan fingerprint density at radius 3 is 2.83 bits per heavy atom. The summed E-state index contributed by atoms with van der Waals surface area (Å²) in [4.78, 5) is 14.6. The Labute approximate surface area is 170 Å². The van der Waals surface area contributed by atoms with Gasteiger partial charge in [-0.1, -0.05) is 36.4 Å². The number of aromatic nitrogens is 2. The second-order valence-corrected chi connectivity index (χ2v) is 7.48. The average Bonchev–Trinajstić information content (AvgIpc) is 3.28. The molecule has 1 aromatic heterocycles. The predicted molar refractivity (Wildman–Crippen MR) is 112 cm³/mol. The molecule has 0 bridgehead atoms. The second kappa shape index (κ2) is 8.49. The third kappa shape index (κ3) is 4.32. The molecular formula is C23H26N4O2. The van der Waals surface area contributed by atoms with E-state index in [1.807, 2.05) is 13.0 Å². The fourth-order valence-electron chi connectivity index (χ4n) is 3.87. The number of methoxy groups -OCH3 is 1. The van der Waals surface area contributed by atoms with E-state index in [4.69, 9.17) is 4.74 Å². The van der Waals surface area contributed by atoms with Crippen molar-refractivity contribution in [2.75, 3.05) is 13.7 Å². The van der Waals surface area contributed by atoms with Crippen LogP contribution in [0.2, 0.25) is 0 Å². The number of ether oxygens (including phenoxy) is 1. The number of carbonyl (C=O) groups is 1. The zero-order valence-corrected chi connectivity index (χ0v) is 16.8. The quantitative estimate of drug-likeness (QED) is 0.676. The number of aromatic amines is 1. The van der Waals surface area contributed by atoms with Crippen molar-refractivity contribution < 1.29 is 9.53 Å². The lowest BCUT2D eigenvalue weighted by Crippen LogP contribution is -2.30. The molecule has 0 saturated heterocycles. The number of hydrogen-bond acceptors (Lipinski definition) is 4. The summed E-state index contributed by atoms with van der Waals surface area (Å²) in [6.45, 7) is 4.85. The van der Waals surface area contributed by atoms with Gasteiger partial charge in [-0.25, -0.2) is 0 Å². The first-order valence-electron chi connectivity index (χ1n) is 9.89. The second-order valence-electron chi connectivity index (χ2n) is 7.48. The molecule has 1 aliphatic rings. The molecule has 2 heterocycles. The van der Waals surface area contributed by atoms with Crippen LogP contribution >= 0.6 is 0 Å². The SMILES string of the molecule is COc1cccc2c1CCN(Cc1ccc([C@H](C)NC(=O)c3cn[nH]c3)cc1)C2. The molecule has 0 saturated carbocycles. The summed E-state index contributed by atoms with van der Waals surface area (Å²) in [6.07, 6.45) is 4.13. The normalized spacial score (nSPS) is 14.8. The van der Waals surface area contributed by atoms with Gasteiger partial charge in [0.05, 0.1) is 24.9 Å². The molecular weight excluding hydrogens is 364 g/mol. The van der Waals surface area contributed by atoms with Gasteiger partial charge in [-0.2, -0.15) is 5.10 Å². The molecule has 0 spiro atoms. The highest BCUT2D eigenvalue weighted by Crippen LogP contribution is 2.28. The van der Waals surface area contributed by atoms with Crippen LogP contribution in [0.15, 0.2) is 54.9 Å². The lowest BCUT2D eigenvalue weighted by atomic mass is 9.98. The minimum Gasteiger partial charge on any atom is -0.496 e. The molecule has 0 radical (unpaired) electrons. The van der Waals surface area contributed by atoms with Gasteiger partial charge in [0, 0.05) is 25.8 Å². The molecule has 1 atom stereocenters. The van der Waals surface area contributed by atoms with Crippen LogP contribution in [0.25, 0.3) is 0 Å². The Balaban J connectivity index is 1.36. The van der Waals surface area contributed by atoms with E-state index in [2.05, 4.69) is 56.8 Å². The maximum atomic E-state index is 12.2. The van der Waals surface area contributed by atoms with E-state index in [1.165, 1.54) is 22.9 Å². The van der Waals surface area contributed by atoms with E-state index >= 15 is 0 Å². The number of nitrogens with zero attached hydrogens (tertiary/aromatic N) is 2. The van der Waals surface area contributed by atoms with Gasteiger partial charge in [-0.3, -0.25) is 14.8 Å². The molecule has 29 heavy (non-hydrogen) atoms. The largest absolute Gasteiger partial charge is 0.496 e. The number of benzene rings is 2. The number of amides is 1. The molecule has 0 fully saturated rings. The van der Waals surface area contributed by atoms with Gasteiger partial charge in [0.15, 0.2) is 0 Å². The summed E-state index contributed by atoms with van der Waals surface area (Å²) in [7, 11) is 1.74. The molecule has 4 rings (SSSR count). The maximum Gasteiger partial charge on any atom is 0.254 e. The Morgan fingerprint density at radius 1 is 1.28 bits per heavy atom.